The molecule has 0 amide bonds. The summed E-state index contributed by atoms with van der Waals surface area (Å²) in [4.78, 5) is 20.9. The van der Waals surface area contributed by atoms with Gasteiger partial charge in [0, 0.05) is 19.4 Å². The van der Waals surface area contributed by atoms with Gasteiger partial charge in [0.1, 0.15) is 6.61 Å². The quantitative estimate of drug-likeness (QED) is 0.439. The van der Waals surface area contributed by atoms with Crippen LogP contribution in [0.1, 0.15) is 25.7 Å². The van der Waals surface area contributed by atoms with E-state index < -0.39 is 5.97 Å². The molecule has 0 fully saturated rings. The Balaban J connectivity index is 3.22. The summed E-state index contributed by atoms with van der Waals surface area (Å²) in [5.41, 5.74) is 5.12. The Morgan fingerprint density at radius 3 is 2.38 bits per heavy atom. The zero-order valence-corrected chi connectivity index (χ0v) is 7.49. The topological polar surface area (TPSA) is 89.6 Å². The van der Waals surface area contributed by atoms with Crippen molar-refractivity contribution >= 4 is 11.9 Å². The first-order chi connectivity index (χ1) is 6.16. The summed E-state index contributed by atoms with van der Waals surface area (Å²) in [5.74, 6) is -1.15. The Morgan fingerprint density at radius 1 is 1.23 bits per heavy atom. The van der Waals surface area contributed by atoms with Gasteiger partial charge < -0.3 is 15.6 Å². The fourth-order valence-electron chi connectivity index (χ4n) is 0.790. The number of carboxylic acids is 1. The lowest BCUT2D eigenvalue weighted by atomic mass is 10.2. The first-order valence-electron chi connectivity index (χ1n) is 4.24. The average Bonchev–Trinajstić information content (AvgIpc) is 2.08. The highest BCUT2D eigenvalue weighted by Gasteiger charge is 2.02. The maximum Gasteiger partial charge on any atom is 0.305 e. The molecule has 5 nitrogen and oxygen atoms in total. The van der Waals surface area contributed by atoms with Crippen molar-refractivity contribution < 1.29 is 19.4 Å². The zero-order chi connectivity index (χ0) is 10.1. The lowest BCUT2D eigenvalue weighted by molar-refractivity contribution is -0.144. The molecule has 3 N–H and O–H groups in total. The van der Waals surface area contributed by atoms with E-state index in [-0.39, 0.29) is 25.4 Å². The van der Waals surface area contributed by atoms with E-state index in [4.69, 9.17) is 10.8 Å². The van der Waals surface area contributed by atoms with Crippen LogP contribution in [0.15, 0.2) is 0 Å². The van der Waals surface area contributed by atoms with E-state index in [1.165, 1.54) is 0 Å². The molecule has 76 valence electrons. The molecular weight excluding hydrogens is 174 g/mol. The Bertz CT molecular complexity index is 170. The first-order valence-corrected chi connectivity index (χ1v) is 4.24. The number of nitrogens with two attached hydrogens (primary N) is 1. The second kappa shape index (κ2) is 7.54. The molecule has 0 aromatic heterocycles. The SMILES string of the molecule is NCCOC(=O)CCCCC(=O)O. The maximum atomic E-state index is 10.8. The van der Waals surface area contributed by atoms with Crippen LogP contribution in [0.4, 0.5) is 0 Å². The molecular formula is C8H15NO4. The molecule has 0 spiro atoms. The number of ether oxygens (including phenoxy) is 1. The summed E-state index contributed by atoms with van der Waals surface area (Å²) in [6.07, 6.45) is 1.43. The van der Waals surface area contributed by atoms with E-state index in [0.717, 1.165) is 0 Å². The van der Waals surface area contributed by atoms with Crippen LogP contribution in [0, 0.1) is 0 Å². The lowest BCUT2D eigenvalue weighted by Crippen LogP contribution is -2.13. The smallest absolute Gasteiger partial charge is 0.305 e. The standard InChI is InChI=1S/C8H15NO4/c9-5-6-13-8(12)4-2-1-3-7(10)11/h1-6,9H2,(H,10,11). The highest BCUT2D eigenvalue weighted by molar-refractivity contribution is 5.69. The van der Waals surface area contributed by atoms with Gasteiger partial charge in [0.2, 0.25) is 0 Å². The molecule has 0 aromatic carbocycles. The molecule has 0 rings (SSSR count). The summed E-state index contributed by atoms with van der Waals surface area (Å²) in [6, 6.07) is 0. The van der Waals surface area contributed by atoms with E-state index in [2.05, 4.69) is 4.74 Å². The number of hydrogen-bond acceptors (Lipinski definition) is 4. The summed E-state index contributed by atoms with van der Waals surface area (Å²) in [7, 11) is 0. The predicted molar refractivity (Wildman–Crippen MR) is 46.1 cm³/mol. The van der Waals surface area contributed by atoms with Crippen molar-refractivity contribution in [2.24, 2.45) is 5.73 Å². The van der Waals surface area contributed by atoms with Crippen LogP contribution in [0.3, 0.4) is 0 Å². The summed E-state index contributed by atoms with van der Waals surface area (Å²) >= 11 is 0. The van der Waals surface area contributed by atoms with Gasteiger partial charge in [0.15, 0.2) is 0 Å². The molecule has 0 atom stereocenters. The average molecular weight is 189 g/mol. The van der Waals surface area contributed by atoms with Crippen LogP contribution < -0.4 is 5.73 Å². The Morgan fingerprint density at radius 2 is 1.85 bits per heavy atom. The number of unbranched alkanes of at least 4 members (excludes halogenated alkanes) is 1. The number of aliphatic carboxylic acids is 1. The number of carbonyl (C=O) groups excluding carboxylic acids is 1. The molecule has 0 aliphatic heterocycles. The Kier molecular flexibility index (Phi) is 6.91. The molecule has 0 heterocycles. The Labute approximate surface area is 76.9 Å². The van der Waals surface area contributed by atoms with E-state index in [0.29, 0.717) is 19.4 Å². The summed E-state index contributed by atoms with van der Waals surface area (Å²) < 4.78 is 4.69. The number of hydrogen-bond donors (Lipinski definition) is 2. The normalized spacial score (nSPS) is 9.62. The van der Waals surface area contributed by atoms with Gasteiger partial charge >= 0.3 is 11.9 Å². The van der Waals surface area contributed by atoms with Crippen molar-refractivity contribution in [1.29, 1.82) is 0 Å². The zero-order valence-electron chi connectivity index (χ0n) is 7.49. The van der Waals surface area contributed by atoms with E-state index in [1.807, 2.05) is 0 Å². The van der Waals surface area contributed by atoms with Crippen molar-refractivity contribution in [3.05, 3.63) is 0 Å². The highest BCUT2D eigenvalue weighted by Crippen LogP contribution is 2.00. The van der Waals surface area contributed by atoms with E-state index >= 15 is 0 Å². The van der Waals surface area contributed by atoms with E-state index in [9.17, 15) is 9.59 Å². The number of carbonyl (C=O) groups is 2. The van der Waals surface area contributed by atoms with Crippen molar-refractivity contribution in [3.63, 3.8) is 0 Å². The van der Waals surface area contributed by atoms with Gasteiger partial charge in [-0.05, 0) is 12.8 Å². The van der Waals surface area contributed by atoms with Gasteiger partial charge in [-0.25, -0.2) is 0 Å². The van der Waals surface area contributed by atoms with Gasteiger partial charge in [-0.2, -0.15) is 0 Å². The van der Waals surface area contributed by atoms with E-state index in [1.54, 1.807) is 0 Å². The fourth-order valence-corrected chi connectivity index (χ4v) is 0.790. The third kappa shape index (κ3) is 8.81. The fraction of sp³-hybridized carbons (Fsp3) is 0.750. The number of esters is 1. The molecule has 0 unspecified atom stereocenters. The molecule has 0 radical (unpaired) electrons. The monoisotopic (exact) mass is 189 g/mol. The minimum atomic E-state index is -0.838. The second-order valence-corrected chi connectivity index (χ2v) is 2.61. The third-order valence-electron chi connectivity index (χ3n) is 1.40. The number of rotatable bonds is 7. The van der Waals surface area contributed by atoms with Crippen LogP contribution in [0.5, 0.6) is 0 Å². The van der Waals surface area contributed by atoms with Crippen molar-refractivity contribution in [3.8, 4) is 0 Å². The predicted octanol–water partition coefficient (Wildman–Crippen LogP) is 0.133. The van der Waals surface area contributed by atoms with Crippen LogP contribution in [-0.2, 0) is 14.3 Å². The molecule has 0 aliphatic carbocycles. The van der Waals surface area contributed by atoms with Crippen LogP contribution in [-0.4, -0.2) is 30.2 Å². The van der Waals surface area contributed by atoms with Gasteiger partial charge in [0.25, 0.3) is 0 Å². The minimum absolute atomic E-state index is 0.101. The van der Waals surface area contributed by atoms with Crippen LogP contribution in [0.2, 0.25) is 0 Å². The summed E-state index contributed by atoms with van der Waals surface area (Å²) in [6.45, 7) is 0.554. The maximum absolute atomic E-state index is 10.8. The molecule has 0 bridgehead atoms. The van der Waals surface area contributed by atoms with Crippen molar-refractivity contribution in [2.45, 2.75) is 25.7 Å². The van der Waals surface area contributed by atoms with Gasteiger partial charge in [-0.3, -0.25) is 9.59 Å². The third-order valence-corrected chi connectivity index (χ3v) is 1.40. The van der Waals surface area contributed by atoms with Crippen LogP contribution in [0.25, 0.3) is 0 Å². The molecule has 0 aromatic rings. The molecule has 5 heteroatoms. The molecule has 0 aliphatic rings. The van der Waals surface area contributed by atoms with Crippen molar-refractivity contribution in [1.82, 2.24) is 0 Å². The van der Waals surface area contributed by atoms with Gasteiger partial charge in [0.05, 0.1) is 0 Å². The Hall–Kier alpha value is -1.10. The molecule has 13 heavy (non-hydrogen) atoms. The lowest BCUT2D eigenvalue weighted by Gasteiger charge is -2.01. The van der Waals surface area contributed by atoms with Gasteiger partial charge in [-0.15, -0.1) is 0 Å². The first kappa shape index (κ1) is 11.9. The minimum Gasteiger partial charge on any atom is -0.481 e. The highest BCUT2D eigenvalue weighted by atomic mass is 16.5. The van der Waals surface area contributed by atoms with Gasteiger partial charge in [-0.1, -0.05) is 0 Å². The largest absolute Gasteiger partial charge is 0.481 e. The summed E-state index contributed by atoms with van der Waals surface area (Å²) in [5, 5.41) is 8.29. The number of carboxylic acid groups (broad SMARTS) is 1. The molecule has 0 saturated heterocycles. The van der Waals surface area contributed by atoms with Crippen molar-refractivity contribution in [2.75, 3.05) is 13.2 Å². The van der Waals surface area contributed by atoms with Crippen LogP contribution >= 0.6 is 0 Å². The molecule has 0 saturated carbocycles. The second-order valence-electron chi connectivity index (χ2n) is 2.61.